The van der Waals surface area contributed by atoms with Crippen molar-refractivity contribution >= 4 is 5.97 Å². The topological polar surface area (TPSA) is 68.5 Å². The summed E-state index contributed by atoms with van der Waals surface area (Å²) in [4.78, 5) is 12.1. The van der Waals surface area contributed by atoms with Gasteiger partial charge in [-0.1, -0.05) is 31.9 Å². The van der Waals surface area contributed by atoms with Gasteiger partial charge in [0.05, 0.1) is 13.2 Å². The summed E-state index contributed by atoms with van der Waals surface area (Å²) in [6, 6.07) is 2.96. The van der Waals surface area contributed by atoms with E-state index in [0.29, 0.717) is 19.1 Å². The maximum absolute atomic E-state index is 13.6. The lowest BCUT2D eigenvalue weighted by atomic mass is 9.82. The lowest BCUT2D eigenvalue weighted by Gasteiger charge is -2.27. The van der Waals surface area contributed by atoms with Gasteiger partial charge in [0.15, 0.2) is 0 Å². The highest BCUT2D eigenvalue weighted by molar-refractivity contribution is 5.76. The van der Waals surface area contributed by atoms with Crippen LogP contribution in [0.25, 0.3) is 0 Å². The average molecular weight is 391 g/mol. The molecule has 2 fully saturated rings. The molecule has 5 nitrogen and oxygen atoms in total. The number of carbonyl (C=O) groups is 1. The zero-order chi connectivity index (χ0) is 20.1. The minimum absolute atomic E-state index is 0.0493. The van der Waals surface area contributed by atoms with Gasteiger partial charge in [0.25, 0.3) is 6.29 Å². The molecule has 1 saturated heterocycles. The number of carbonyl (C=O) groups excluding carboxylic acids is 1. The predicted molar refractivity (Wildman–Crippen MR) is 96.2 cm³/mol. The van der Waals surface area contributed by atoms with E-state index in [4.69, 9.17) is 19.5 Å². The Kier molecular flexibility index (Phi) is 6.76. The zero-order valence-corrected chi connectivity index (χ0v) is 15.7. The number of hydrogen-bond acceptors (Lipinski definition) is 5. The molecule has 1 saturated carbocycles. The maximum Gasteiger partial charge on any atom is 0.368 e. The van der Waals surface area contributed by atoms with Crippen molar-refractivity contribution in [3.05, 3.63) is 41.5 Å². The van der Waals surface area contributed by atoms with Crippen molar-refractivity contribution < 1.29 is 27.8 Å². The van der Waals surface area contributed by atoms with E-state index in [9.17, 15) is 13.6 Å². The third kappa shape index (κ3) is 5.15. The third-order valence-electron chi connectivity index (χ3n) is 5.18. The Balaban J connectivity index is 1.48. The van der Waals surface area contributed by atoms with Crippen LogP contribution in [-0.4, -0.2) is 25.5 Å². The summed E-state index contributed by atoms with van der Waals surface area (Å²) in [6.45, 7) is 2.88. The quantitative estimate of drug-likeness (QED) is 0.439. The van der Waals surface area contributed by atoms with E-state index in [1.54, 1.807) is 0 Å². The highest BCUT2D eigenvalue weighted by Gasteiger charge is 2.29. The zero-order valence-electron chi connectivity index (χ0n) is 15.7. The molecule has 3 rings (SSSR count). The molecule has 1 aliphatic carbocycles. The maximum atomic E-state index is 13.6. The van der Waals surface area contributed by atoms with Gasteiger partial charge in [-0.3, -0.25) is 0 Å². The van der Waals surface area contributed by atoms with Crippen molar-refractivity contribution in [2.24, 2.45) is 17.8 Å². The molecule has 7 heteroatoms. The second kappa shape index (κ2) is 9.26. The fourth-order valence-electron chi connectivity index (χ4n) is 3.44. The molecule has 0 unspecified atom stereocenters. The predicted octanol–water partition coefficient (Wildman–Crippen LogP) is 4.11. The standard InChI is InChI=1S/C21H23F2NO4/c1-13-2-4-14(5-3-13)6-7-15-11-26-21(27-12-15)20(25)28-16-8-18(22)17(10-24)19(23)9-16/h6-9,13-15,21H,2-5,11-12H2,1H3/b7-6+. The molecule has 0 bridgehead atoms. The lowest BCUT2D eigenvalue weighted by molar-refractivity contribution is -0.210. The molecule has 0 atom stereocenters. The van der Waals surface area contributed by atoms with Crippen LogP contribution in [-0.2, 0) is 14.3 Å². The van der Waals surface area contributed by atoms with E-state index in [1.807, 2.05) is 0 Å². The monoisotopic (exact) mass is 391 g/mol. The molecule has 1 heterocycles. The smallest absolute Gasteiger partial charge is 0.368 e. The van der Waals surface area contributed by atoms with Gasteiger partial charge in [0.1, 0.15) is 29.0 Å². The molecule has 0 aromatic heterocycles. The highest BCUT2D eigenvalue weighted by Crippen LogP contribution is 2.29. The van der Waals surface area contributed by atoms with Gasteiger partial charge in [-0.15, -0.1) is 0 Å². The number of benzene rings is 1. The van der Waals surface area contributed by atoms with Gasteiger partial charge in [-0.25, -0.2) is 13.6 Å². The van der Waals surface area contributed by atoms with E-state index in [-0.39, 0.29) is 11.7 Å². The minimum atomic E-state index is -1.25. The lowest BCUT2D eigenvalue weighted by Crippen LogP contribution is -2.39. The van der Waals surface area contributed by atoms with Gasteiger partial charge in [0, 0.05) is 18.1 Å². The molecular formula is C21H23F2NO4. The Labute approximate surface area is 162 Å². The Bertz CT molecular complexity index is 750. The van der Waals surface area contributed by atoms with Gasteiger partial charge < -0.3 is 14.2 Å². The molecule has 28 heavy (non-hydrogen) atoms. The number of nitrogens with zero attached hydrogens (tertiary/aromatic N) is 1. The summed E-state index contributed by atoms with van der Waals surface area (Å²) in [6.07, 6.45) is 7.92. The number of hydrogen-bond donors (Lipinski definition) is 0. The number of nitriles is 1. The van der Waals surface area contributed by atoms with Crippen molar-refractivity contribution in [3.63, 3.8) is 0 Å². The summed E-state index contributed by atoms with van der Waals surface area (Å²) < 4.78 is 42.9. The van der Waals surface area contributed by atoms with Crippen LogP contribution in [0.4, 0.5) is 8.78 Å². The fourth-order valence-corrected chi connectivity index (χ4v) is 3.44. The average Bonchev–Trinajstić information content (AvgIpc) is 2.68. The van der Waals surface area contributed by atoms with Crippen LogP contribution in [0.3, 0.4) is 0 Å². The second-order valence-corrected chi connectivity index (χ2v) is 7.46. The van der Waals surface area contributed by atoms with Crippen molar-refractivity contribution in [2.75, 3.05) is 13.2 Å². The summed E-state index contributed by atoms with van der Waals surface area (Å²) in [5.41, 5.74) is -0.730. The third-order valence-corrected chi connectivity index (χ3v) is 5.18. The molecule has 1 aromatic carbocycles. The van der Waals surface area contributed by atoms with Gasteiger partial charge >= 0.3 is 5.97 Å². The Morgan fingerprint density at radius 3 is 2.25 bits per heavy atom. The van der Waals surface area contributed by atoms with Crippen LogP contribution >= 0.6 is 0 Å². The van der Waals surface area contributed by atoms with E-state index < -0.39 is 29.5 Å². The van der Waals surface area contributed by atoms with E-state index >= 15 is 0 Å². The summed E-state index contributed by atoms with van der Waals surface area (Å²) >= 11 is 0. The first kappa shape index (κ1) is 20.4. The number of esters is 1. The second-order valence-electron chi connectivity index (χ2n) is 7.46. The van der Waals surface area contributed by atoms with E-state index in [1.165, 1.54) is 31.8 Å². The molecule has 0 spiro atoms. The molecular weight excluding hydrogens is 368 g/mol. The Hall–Kier alpha value is -2.30. The number of ether oxygens (including phenoxy) is 3. The fraction of sp³-hybridized carbons (Fsp3) is 0.524. The first-order valence-corrected chi connectivity index (χ1v) is 9.48. The first-order valence-electron chi connectivity index (χ1n) is 9.48. The molecule has 0 amide bonds. The van der Waals surface area contributed by atoms with Crippen LogP contribution in [0.2, 0.25) is 0 Å². The summed E-state index contributed by atoms with van der Waals surface area (Å²) in [5, 5.41) is 8.66. The minimum Gasteiger partial charge on any atom is -0.423 e. The SMILES string of the molecule is CC1CCC(/C=C/C2COC(C(=O)Oc3cc(F)c(C#N)c(F)c3)OC2)CC1. The molecule has 0 N–H and O–H groups in total. The van der Waals surface area contributed by atoms with Gasteiger partial charge in [-0.05, 0) is 24.7 Å². The van der Waals surface area contributed by atoms with Crippen LogP contribution < -0.4 is 4.74 Å². The number of allylic oxidation sites excluding steroid dienone is 1. The van der Waals surface area contributed by atoms with Crippen molar-refractivity contribution in [1.82, 2.24) is 0 Å². The Morgan fingerprint density at radius 1 is 1.11 bits per heavy atom. The van der Waals surface area contributed by atoms with Gasteiger partial charge in [-0.2, -0.15) is 5.26 Å². The van der Waals surface area contributed by atoms with Crippen LogP contribution in [0.15, 0.2) is 24.3 Å². The van der Waals surface area contributed by atoms with Crippen molar-refractivity contribution in [2.45, 2.75) is 38.9 Å². The first-order chi connectivity index (χ1) is 13.5. The normalized spacial score (nSPS) is 28.1. The molecule has 2 aliphatic rings. The van der Waals surface area contributed by atoms with Crippen LogP contribution in [0, 0.1) is 40.7 Å². The largest absolute Gasteiger partial charge is 0.423 e. The van der Waals surface area contributed by atoms with Crippen molar-refractivity contribution in [3.8, 4) is 11.8 Å². The molecule has 1 aliphatic heterocycles. The Morgan fingerprint density at radius 2 is 1.68 bits per heavy atom. The number of halogens is 2. The molecule has 1 aromatic rings. The van der Waals surface area contributed by atoms with Gasteiger partial charge in [0.2, 0.25) is 0 Å². The van der Waals surface area contributed by atoms with Crippen LogP contribution in [0.1, 0.15) is 38.2 Å². The van der Waals surface area contributed by atoms with Crippen molar-refractivity contribution in [1.29, 1.82) is 5.26 Å². The number of rotatable bonds is 4. The summed E-state index contributed by atoms with van der Waals surface area (Å²) in [7, 11) is 0. The molecule has 150 valence electrons. The van der Waals surface area contributed by atoms with E-state index in [0.717, 1.165) is 18.1 Å². The highest BCUT2D eigenvalue weighted by atomic mass is 19.1. The molecule has 0 radical (unpaired) electrons. The van der Waals surface area contributed by atoms with Crippen LogP contribution in [0.5, 0.6) is 5.75 Å². The van der Waals surface area contributed by atoms with E-state index in [2.05, 4.69) is 19.1 Å². The summed E-state index contributed by atoms with van der Waals surface area (Å²) in [5.74, 6) is -2.01.